The average Bonchev–Trinajstić information content (AvgIpc) is 2.22. The van der Waals surface area contributed by atoms with Gasteiger partial charge in [0.05, 0.1) is 5.69 Å². The van der Waals surface area contributed by atoms with E-state index in [-0.39, 0.29) is 17.4 Å². The number of halogens is 2. The van der Waals surface area contributed by atoms with Crippen molar-refractivity contribution >= 4 is 50.1 Å². The van der Waals surface area contributed by atoms with Crippen molar-refractivity contribution < 1.29 is 4.79 Å². The number of hydrogen-bond donors (Lipinski definition) is 2. The summed E-state index contributed by atoms with van der Waals surface area (Å²) < 4.78 is 1.95. The van der Waals surface area contributed by atoms with Crippen LogP contribution in [0.4, 0.5) is 5.69 Å². The first kappa shape index (κ1) is 15.9. The van der Waals surface area contributed by atoms with Gasteiger partial charge in [0.1, 0.15) is 0 Å². The van der Waals surface area contributed by atoms with Crippen LogP contribution < -0.4 is 11.1 Å². The Hall–Kier alpha value is -0.140. The summed E-state index contributed by atoms with van der Waals surface area (Å²) >= 11 is 5.58. The van der Waals surface area contributed by atoms with Gasteiger partial charge in [0, 0.05) is 20.5 Å². The molecule has 1 atom stereocenters. The molecule has 1 rings (SSSR count). The second kappa shape index (κ2) is 6.34. The fourth-order valence-corrected chi connectivity index (χ4v) is 2.13. The lowest BCUT2D eigenvalue weighted by molar-refractivity contribution is -0.117. The number of carbonyl (C=O) groups is 1. The molecule has 0 radical (unpaired) electrons. The lowest BCUT2D eigenvalue weighted by Gasteiger charge is -2.26. The van der Waals surface area contributed by atoms with Gasteiger partial charge >= 0.3 is 0 Å². The number of anilines is 1. The van der Waals surface area contributed by atoms with Crippen molar-refractivity contribution in [1.82, 2.24) is 0 Å². The second-order valence-electron chi connectivity index (χ2n) is 5.35. The van der Waals surface area contributed by atoms with E-state index in [1.165, 1.54) is 0 Å². The normalized spacial score (nSPS) is 13.2. The van der Waals surface area contributed by atoms with Crippen molar-refractivity contribution in [2.24, 2.45) is 11.1 Å². The minimum absolute atomic E-state index is 0.0477. The quantitative estimate of drug-likeness (QED) is 0.726. The third kappa shape index (κ3) is 4.85. The van der Waals surface area contributed by atoms with Gasteiger partial charge in [-0.2, -0.15) is 0 Å². The van der Waals surface area contributed by atoms with E-state index < -0.39 is 0 Å². The molecular weight excluding hydrogens is 407 g/mol. The fourth-order valence-electron chi connectivity index (χ4n) is 1.30. The second-order valence-corrected chi connectivity index (χ2v) is 7.43. The number of amides is 1. The first-order valence-corrected chi connectivity index (χ1v) is 7.58. The molecule has 0 saturated carbocycles. The maximum absolute atomic E-state index is 11.9. The van der Waals surface area contributed by atoms with Crippen LogP contribution in [0.1, 0.15) is 27.2 Å². The van der Waals surface area contributed by atoms with Gasteiger partial charge in [0.15, 0.2) is 0 Å². The molecule has 0 fully saturated rings. The number of rotatable bonds is 3. The minimum atomic E-state index is -0.151. The van der Waals surface area contributed by atoms with Crippen molar-refractivity contribution in [1.29, 1.82) is 0 Å². The van der Waals surface area contributed by atoms with Gasteiger partial charge in [-0.1, -0.05) is 36.7 Å². The molecule has 0 aliphatic heterocycles. The van der Waals surface area contributed by atoms with E-state index in [0.717, 1.165) is 13.7 Å². The molecule has 1 unspecified atom stereocenters. The van der Waals surface area contributed by atoms with Crippen LogP contribution in [0.2, 0.25) is 0 Å². The van der Waals surface area contributed by atoms with E-state index >= 15 is 0 Å². The lowest BCUT2D eigenvalue weighted by Crippen LogP contribution is -2.38. The Balaban J connectivity index is 2.68. The van der Waals surface area contributed by atoms with E-state index in [1.807, 2.05) is 39.0 Å². The molecule has 0 spiro atoms. The molecule has 3 N–H and O–H groups in total. The fraction of sp³-hybridized carbons (Fsp3) is 0.462. The Morgan fingerprint density at radius 2 is 2.11 bits per heavy atom. The van der Waals surface area contributed by atoms with Gasteiger partial charge in [0.25, 0.3) is 0 Å². The zero-order chi connectivity index (χ0) is 13.9. The monoisotopic (exact) mass is 424 g/mol. The Bertz CT molecular complexity index is 443. The molecule has 0 aromatic heterocycles. The predicted octanol–water partition coefficient (Wildman–Crippen LogP) is 3.76. The van der Waals surface area contributed by atoms with Crippen LogP contribution in [0.3, 0.4) is 0 Å². The van der Waals surface area contributed by atoms with Crippen molar-refractivity contribution in [3.8, 4) is 0 Å². The van der Waals surface area contributed by atoms with Crippen LogP contribution in [0.25, 0.3) is 0 Å². The van der Waals surface area contributed by atoms with Crippen LogP contribution in [0.15, 0.2) is 22.7 Å². The summed E-state index contributed by atoms with van der Waals surface area (Å²) in [6.07, 6.45) is 0.325. The SMILES string of the molecule is CC(C)(C)C(N)CC(=O)Nc1cc(Br)ccc1I. The Kier molecular flexibility index (Phi) is 5.61. The third-order valence-corrected chi connectivity index (χ3v) is 4.15. The molecule has 0 bridgehead atoms. The molecule has 100 valence electrons. The molecule has 3 nitrogen and oxygen atoms in total. The summed E-state index contributed by atoms with van der Waals surface area (Å²) in [4.78, 5) is 11.9. The lowest BCUT2D eigenvalue weighted by atomic mass is 9.85. The van der Waals surface area contributed by atoms with Crippen molar-refractivity contribution in [2.45, 2.75) is 33.2 Å². The summed E-state index contributed by atoms with van der Waals surface area (Å²) in [5.74, 6) is -0.0477. The highest BCUT2D eigenvalue weighted by Gasteiger charge is 2.23. The smallest absolute Gasteiger partial charge is 0.225 e. The van der Waals surface area contributed by atoms with Crippen LogP contribution in [0, 0.1) is 8.99 Å². The molecule has 1 amide bonds. The predicted molar refractivity (Wildman–Crippen MR) is 87.5 cm³/mol. The maximum Gasteiger partial charge on any atom is 0.225 e. The zero-order valence-corrected chi connectivity index (χ0v) is 14.5. The summed E-state index contributed by atoms with van der Waals surface area (Å²) in [7, 11) is 0. The highest BCUT2D eigenvalue weighted by atomic mass is 127. The Morgan fingerprint density at radius 1 is 1.50 bits per heavy atom. The van der Waals surface area contributed by atoms with Crippen molar-refractivity contribution in [3.05, 3.63) is 26.2 Å². The van der Waals surface area contributed by atoms with E-state index in [0.29, 0.717) is 6.42 Å². The minimum Gasteiger partial charge on any atom is -0.327 e. The Labute approximate surface area is 130 Å². The van der Waals surface area contributed by atoms with Gasteiger partial charge < -0.3 is 11.1 Å². The summed E-state index contributed by atoms with van der Waals surface area (Å²) in [6, 6.07) is 5.63. The number of carbonyl (C=O) groups excluding carboxylic acids is 1. The average molecular weight is 425 g/mol. The molecule has 18 heavy (non-hydrogen) atoms. The molecule has 0 saturated heterocycles. The number of hydrogen-bond acceptors (Lipinski definition) is 2. The first-order valence-electron chi connectivity index (χ1n) is 5.70. The molecule has 0 heterocycles. The number of nitrogens with two attached hydrogens (primary N) is 1. The highest BCUT2D eigenvalue weighted by molar-refractivity contribution is 14.1. The maximum atomic E-state index is 11.9. The zero-order valence-electron chi connectivity index (χ0n) is 10.8. The molecule has 1 aromatic carbocycles. The van der Waals surface area contributed by atoms with Crippen molar-refractivity contribution in [2.75, 3.05) is 5.32 Å². The van der Waals surface area contributed by atoms with Gasteiger partial charge in [0.2, 0.25) is 5.91 Å². The molecule has 5 heteroatoms. The van der Waals surface area contributed by atoms with E-state index in [2.05, 4.69) is 43.8 Å². The van der Waals surface area contributed by atoms with Crippen LogP contribution >= 0.6 is 38.5 Å². The van der Waals surface area contributed by atoms with Crippen LogP contribution in [0.5, 0.6) is 0 Å². The van der Waals surface area contributed by atoms with Gasteiger partial charge in [-0.15, -0.1) is 0 Å². The van der Waals surface area contributed by atoms with Gasteiger partial charge in [-0.25, -0.2) is 0 Å². The highest BCUT2D eigenvalue weighted by Crippen LogP contribution is 2.24. The summed E-state index contributed by atoms with van der Waals surface area (Å²) in [5.41, 5.74) is 6.75. The summed E-state index contributed by atoms with van der Waals surface area (Å²) in [5, 5.41) is 2.90. The van der Waals surface area contributed by atoms with E-state index in [1.54, 1.807) is 0 Å². The van der Waals surface area contributed by atoms with Gasteiger partial charge in [-0.05, 0) is 46.2 Å². The Morgan fingerprint density at radius 3 is 2.67 bits per heavy atom. The largest absolute Gasteiger partial charge is 0.327 e. The molecular formula is C13H18BrIN2O. The molecule has 0 aliphatic rings. The van der Waals surface area contributed by atoms with Gasteiger partial charge in [-0.3, -0.25) is 4.79 Å². The standard InChI is InChI=1S/C13H18BrIN2O/c1-13(2,3)11(16)7-12(18)17-10-6-8(14)4-5-9(10)15/h4-6,11H,7,16H2,1-3H3,(H,17,18). The summed E-state index contributed by atoms with van der Waals surface area (Å²) in [6.45, 7) is 6.11. The van der Waals surface area contributed by atoms with Crippen LogP contribution in [-0.4, -0.2) is 11.9 Å². The van der Waals surface area contributed by atoms with Crippen LogP contribution in [-0.2, 0) is 4.79 Å². The van der Waals surface area contributed by atoms with E-state index in [4.69, 9.17) is 5.73 Å². The topological polar surface area (TPSA) is 55.1 Å². The molecule has 1 aromatic rings. The van der Waals surface area contributed by atoms with Crippen molar-refractivity contribution in [3.63, 3.8) is 0 Å². The number of benzene rings is 1. The first-order chi connectivity index (χ1) is 8.20. The third-order valence-electron chi connectivity index (χ3n) is 2.72. The molecule has 0 aliphatic carbocycles. The van der Waals surface area contributed by atoms with E-state index in [9.17, 15) is 4.79 Å². The number of nitrogens with one attached hydrogen (secondary N) is 1.